The van der Waals surface area contributed by atoms with E-state index in [1.165, 1.54) is 25.7 Å². The van der Waals surface area contributed by atoms with Crippen LogP contribution in [0.3, 0.4) is 0 Å². The number of carbonyl (C=O) groups is 1. The molecule has 0 amide bonds. The van der Waals surface area contributed by atoms with Crippen molar-refractivity contribution in [2.75, 3.05) is 0 Å². The summed E-state index contributed by atoms with van der Waals surface area (Å²) < 4.78 is 5.51. The molecule has 3 aliphatic rings. The lowest BCUT2D eigenvalue weighted by atomic mass is 9.48. The molecule has 1 saturated heterocycles. The van der Waals surface area contributed by atoms with Crippen LogP contribution in [0.4, 0.5) is 0 Å². The van der Waals surface area contributed by atoms with Crippen LogP contribution < -0.4 is 0 Å². The smallest absolute Gasteiger partial charge is 0.306 e. The number of ether oxygens (including phenoxy) is 1. The minimum atomic E-state index is 0. The molecule has 4 unspecified atom stereocenters. The van der Waals surface area contributed by atoms with Gasteiger partial charge < -0.3 is 4.74 Å². The van der Waals surface area contributed by atoms with Crippen molar-refractivity contribution < 1.29 is 11.0 Å². The van der Waals surface area contributed by atoms with Crippen LogP contribution in [-0.4, -0.2) is 12.1 Å². The minimum Gasteiger partial charge on any atom is -0.462 e. The van der Waals surface area contributed by atoms with E-state index in [0.717, 1.165) is 12.3 Å². The van der Waals surface area contributed by atoms with Crippen LogP contribution in [0.1, 0.15) is 60.7 Å². The Morgan fingerprint density at radius 1 is 1.24 bits per heavy atom. The third kappa shape index (κ3) is 1.56. The zero-order chi connectivity index (χ0) is 12.3. The van der Waals surface area contributed by atoms with Crippen LogP contribution in [0.2, 0.25) is 0 Å². The van der Waals surface area contributed by atoms with Gasteiger partial charge in [0.2, 0.25) is 0 Å². The third-order valence-corrected chi connectivity index (χ3v) is 5.98. The Labute approximate surface area is 106 Å². The molecule has 1 aliphatic heterocycles. The Bertz CT molecular complexity index is 352. The van der Waals surface area contributed by atoms with Gasteiger partial charge in [0.15, 0.2) is 0 Å². The summed E-state index contributed by atoms with van der Waals surface area (Å²) in [5.74, 6) is 1.32. The summed E-state index contributed by atoms with van der Waals surface area (Å²) in [7, 11) is 0. The molecule has 0 spiro atoms. The Hall–Kier alpha value is -0.530. The SMILES string of the molecule is CC1(C)CCCC2(C)C3CC(=O)OC3CCC12.[HH]. The molecule has 17 heavy (non-hydrogen) atoms. The first-order valence-corrected chi connectivity index (χ1v) is 7.13. The normalized spacial score (nSPS) is 48.2. The first-order chi connectivity index (χ1) is 7.93. The van der Waals surface area contributed by atoms with Gasteiger partial charge in [0.1, 0.15) is 6.10 Å². The fraction of sp³-hybridized carbons (Fsp3) is 0.933. The zero-order valence-electron chi connectivity index (χ0n) is 11.3. The molecular weight excluding hydrogens is 212 g/mol. The molecule has 0 aromatic rings. The summed E-state index contributed by atoms with van der Waals surface area (Å²) >= 11 is 0. The summed E-state index contributed by atoms with van der Waals surface area (Å²) in [6.45, 7) is 7.28. The van der Waals surface area contributed by atoms with Crippen molar-refractivity contribution in [3.8, 4) is 0 Å². The molecule has 3 rings (SSSR count). The maximum Gasteiger partial charge on any atom is 0.306 e. The van der Waals surface area contributed by atoms with Crippen molar-refractivity contribution in [3.05, 3.63) is 0 Å². The van der Waals surface area contributed by atoms with Gasteiger partial charge >= 0.3 is 5.97 Å². The monoisotopic (exact) mass is 238 g/mol. The maximum atomic E-state index is 11.6. The average molecular weight is 238 g/mol. The Balaban J connectivity index is 0.00000120. The fourth-order valence-corrected chi connectivity index (χ4v) is 5.19. The summed E-state index contributed by atoms with van der Waals surface area (Å²) in [5, 5.41) is 0. The molecule has 2 heteroatoms. The zero-order valence-corrected chi connectivity index (χ0v) is 11.3. The van der Waals surface area contributed by atoms with Gasteiger partial charge in [-0.05, 0) is 42.4 Å². The second kappa shape index (κ2) is 3.49. The summed E-state index contributed by atoms with van der Waals surface area (Å²) in [4.78, 5) is 11.6. The molecule has 0 aromatic heterocycles. The molecule has 2 aliphatic carbocycles. The van der Waals surface area contributed by atoms with Crippen molar-refractivity contribution in [1.82, 2.24) is 0 Å². The highest BCUT2D eigenvalue weighted by molar-refractivity contribution is 5.72. The summed E-state index contributed by atoms with van der Waals surface area (Å²) in [6, 6.07) is 0. The lowest BCUT2D eigenvalue weighted by Crippen LogP contribution is -2.51. The van der Waals surface area contributed by atoms with E-state index in [4.69, 9.17) is 4.74 Å². The Kier molecular flexibility index (Phi) is 2.37. The lowest BCUT2D eigenvalue weighted by molar-refractivity contribution is -0.145. The largest absolute Gasteiger partial charge is 0.462 e. The Morgan fingerprint density at radius 2 is 2.00 bits per heavy atom. The van der Waals surface area contributed by atoms with Crippen molar-refractivity contribution in [2.24, 2.45) is 22.7 Å². The van der Waals surface area contributed by atoms with E-state index in [2.05, 4.69) is 20.8 Å². The van der Waals surface area contributed by atoms with Crippen molar-refractivity contribution in [1.29, 1.82) is 0 Å². The molecule has 1 heterocycles. The number of carbonyl (C=O) groups excluding carboxylic acids is 1. The lowest BCUT2D eigenvalue weighted by Gasteiger charge is -2.57. The van der Waals surface area contributed by atoms with Gasteiger partial charge in [-0.1, -0.05) is 27.2 Å². The van der Waals surface area contributed by atoms with Crippen LogP contribution in [0.25, 0.3) is 0 Å². The standard InChI is InChI=1S/C15H24O2.H2/c1-14(2)7-4-8-15(3)10-9-13(16)17-11(10)5-6-12(14)15;/h10-12H,4-9H2,1-3H3;1H. The van der Waals surface area contributed by atoms with Crippen LogP contribution in [0.15, 0.2) is 0 Å². The molecule has 98 valence electrons. The van der Waals surface area contributed by atoms with Gasteiger partial charge in [0.25, 0.3) is 0 Å². The van der Waals surface area contributed by atoms with Gasteiger partial charge in [0, 0.05) is 7.34 Å². The van der Waals surface area contributed by atoms with Gasteiger partial charge in [0.05, 0.1) is 6.42 Å². The third-order valence-electron chi connectivity index (χ3n) is 5.98. The molecule has 0 aromatic carbocycles. The van der Waals surface area contributed by atoms with Gasteiger partial charge in [-0.25, -0.2) is 0 Å². The predicted octanol–water partition coefficient (Wildman–Crippen LogP) is 3.79. The van der Waals surface area contributed by atoms with Crippen LogP contribution in [0.5, 0.6) is 0 Å². The number of hydrogen-bond donors (Lipinski definition) is 0. The number of rotatable bonds is 0. The molecule has 2 saturated carbocycles. The maximum absolute atomic E-state index is 11.6. The van der Waals surface area contributed by atoms with E-state index in [9.17, 15) is 4.79 Å². The van der Waals surface area contributed by atoms with Crippen LogP contribution in [0, 0.1) is 22.7 Å². The molecule has 2 nitrogen and oxygen atoms in total. The van der Waals surface area contributed by atoms with E-state index < -0.39 is 0 Å². The Morgan fingerprint density at radius 3 is 2.76 bits per heavy atom. The molecule has 0 radical (unpaired) electrons. The van der Waals surface area contributed by atoms with Gasteiger partial charge in [-0.15, -0.1) is 0 Å². The number of fused-ring (bicyclic) bond motifs is 3. The average Bonchev–Trinajstić information content (AvgIpc) is 2.58. The van der Waals surface area contributed by atoms with Crippen LogP contribution >= 0.6 is 0 Å². The second-order valence-corrected chi connectivity index (χ2v) is 7.32. The quantitative estimate of drug-likeness (QED) is 0.600. The number of hydrogen-bond acceptors (Lipinski definition) is 2. The molecule has 3 fully saturated rings. The van der Waals surface area contributed by atoms with E-state index in [0.29, 0.717) is 23.2 Å². The van der Waals surface area contributed by atoms with E-state index in [-0.39, 0.29) is 13.5 Å². The highest BCUT2D eigenvalue weighted by Crippen LogP contribution is 2.62. The predicted molar refractivity (Wildman–Crippen MR) is 68.6 cm³/mol. The summed E-state index contributed by atoms with van der Waals surface area (Å²) in [6.07, 6.45) is 7.21. The summed E-state index contributed by atoms with van der Waals surface area (Å²) in [5.41, 5.74) is 0.792. The molecular formula is C15H26O2. The minimum absolute atomic E-state index is 0. The molecule has 0 N–H and O–H groups in total. The van der Waals surface area contributed by atoms with E-state index in [1.807, 2.05) is 0 Å². The highest BCUT2D eigenvalue weighted by atomic mass is 16.5. The van der Waals surface area contributed by atoms with E-state index >= 15 is 0 Å². The molecule has 4 atom stereocenters. The second-order valence-electron chi connectivity index (χ2n) is 7.32. The van der Waals surface area contributed by atoms with Crippen molar-refractivity contribution in [2.45, 2.75) is 65.4 Å². The van der Waals surface area contributed by atoms with Gasteiger partial charge in [-0.3, -0.25) is 4.79 Å². The van der Waals surface area contributed by atoms with Crippen LogP contribution in [-0.2, 0) is 9.53 Å². The van der Waals surface area contributed by atoms with Crippen molar-refractivity contribution in [3.63, 3.8) is 0 Å². The first-order valence-electron chi connectivity index (χ1n) is 7.13. The first kappa shape index (κ1) is 11.6. The van der Waals surface area contributed by atoms with Crippen molar-refractivity contribution >= 4 is 5.97 Å². The molecule has 0 bridgehead atoms. The van der Waals surface area contributed by atoms with E-state index in [1.54, 1.807) is 0 Å². The van der Waals surface area contributed by atoms with Gasteiger partial charge in [-0.2, -0.15) is 0 Å². The topological polar surface area (TPSA) is 26.3 Å². The fourth-order valence-electron chi connectivity index (χ4n) is 5.19. The highest BCUT2D eigenvalue weighted by Gasteiger charge is 2.57. The number of esters is 1.